The molecule has 0 spiro atoms. The average Bonchev–Trinajstić information content (AvgIpc) is 2.36. The van der Waals surface area contributed by atoms with E-state index in [9.17, 15) is 9.59 Å². The summed E-state index contributed by atoms with van der Waals surface area (Å²) in [4.78, 5) is 23.4. The molecule has 0 aliphatic rings. The first-order valence-corrected chi connectivity index (χ1v) is 10.3. The second kappa shape index (κ2) is 10.7. The molecule has 0 unspecified atom stereocenters. The summed E-state index contributed by atoms with van der Waals surface area (Å²) in [5, 5.41) is 0. The summed E-state index contributed by atoms with van der Waals surface area (Å²) in [6, 6.07) is 0. The van der Waals surface area contributed by atoms with Crippen molar-refractivity contribution in [2.75, 3.05) is 19.0 Å². The molecular weight excluding hydrogens is 316 g/mol. The van der Waals surface area contributed by atoms with E-state index in [1.165, 1.54) is 0 Å². The SMILES string of the molecule is CC(C)(C)SSCCC(=O)CCCOCCC(=O)C(C)(C)C. The van der Waals surface area contributed by atoms with Gasteiger partial charge in [0.05, 0.1) is 6.61 Å². The molecule has 0 atom stereocenters. The number of hydrogen-bond donors (Lipinski definition) is 0. The van der Waals surface area contributed by atoms with Crippen molar-refractivity contribution in [3.63, 3.8) is 0 Å². The van der Waals surface area contributed by atoms with E-state index >= 15 is 0 Å². The van der Waals surface area contributed by atoms with Gasteiger partial charge in [-0.1, -0.05) is 63.1 Å². The Kier molecular flexibility index (Phi) is 10.7. The first-order chi connectivity index (χ1) is 10.0. The van der Waals surface area contributed by atoms with Crippen LogP contribution in [0.2, 0.25) is 0 Å². The molecule has 0 rings (SSSR count). The number of ketones is 2. The molecule has 0 aliphatic heterocycles. The van der Waals surface area contributed by atoms with Gasteiger partial charge in [0.2, 0.25) is 0 Å². The smallest absolute Gasteiger partial charge is 0.140 e. The predicted octanol–water partition coefficient (Wildman–Crippen LogP) is 4.93. The Morgan fingerprint density at radius 1 is 0.909 bits per heavy atom. The van der Waals surface area contributed by atoms with E-state index < -0.39 is 0 Å². The van der Waals surface area contributed by atoms with Crippen molar-refractivity contribution in [2.45, 2.75) is 72.0 Å². The molecule has 0 saturated heterocycles. The third-order valence-electron chi connectivity index (χ3n) is 2.83. The Morgan fingerprint density at radius 2 is 1.55 bits per heavy atom. The van der Waals surface area contributed by atoms with Gasteiger partial charge in [-0.3, -0.25) is 9.59 Å². The predicted molar refractivity (Wildman–Crippen MR) is 98.6 cm³/mol. The third kappa shape index (κ3) is 13.6. The van der Waals surface area contributed by atoms with Gasteiger partial charge in [0.1, 0.15) is 11.6 Å². The number of carbonyl (C=O) groups is 2. The van der Waals surface area contributed by atoms with E-state index in [0.29, 0.717) is 38.3 Å². The van der Waals surface area contributed by atoms with Crippen LogP contribution in [0.1, 0.15) is 67.2 Å². The van der Waals surface area contributed by atoms with Crippen LogP contribution in [-0.4, -0.2) is 35.3 Å². The lowest BCUT2D eigenvalue weighted by Gasteiger charge is -2.16. The summed E-state index contributed by atoms with van der Waals surface area (Å²) in [6.45, 7) is 13.3. The van der Waals surface area contributed by atoms with E-state index in [-0.39, 0.29) is 15.9 Å². The third-order valence-corrected chi connectivity index (χ3v) is 6.17. The molecule has 0 aromatic carbocycles. The highest BCUT2D eigenvalue weighted by Gasteiger charge is 2.20. The molecule has 0 amide bonds. The van der Waals surface area contributed by atoms with E-state index in [0.717, 1.165) is 12.2 Å². The molecule has 22 heavy (non-hydrogen) atoms. The molecule has 0 fully saturated rings. The van der Waals surface area contributed by atoms with Gasteiger partial charge >= 0.3 is 0 Å². The van der Waals surface area contributed by atoms with Gasteiger partial charge in [-0.15, -0.1) is 0 Å². The summed E-state index contributed by atoms with van der Waals surface area (Å²) >= 11 is 0. The normalized spacial score (nSPS) is 12.5. The Bertz CT molecular complexity index is 341. The standard InChI is InChI=1S/C17H32O3S2/c1-16(2,3)15(19)9-12-20-11-7-8-14(18)10-13-21-22-17(4,5)6/h7-13H2,1-6H3. The monoisotopic (exact) mass is 348 g/mol. The van der Waals surface area contributed by atoms with Crippen LogP contribution in [0.4, 0.5) is 0 Å². The molecule has 5 heteroatoms. The van der Waals surface area contributed by atoms with Crippen molar-refractivity contribution >= 4 is 33.2 Å². The molecule has 130 valence electrons. The molecular formula is C17H32O3S2. The molecule has 0 radical (unpaired) electrons. The van der Waals surface area contributed by atoms with Crippen molar-refractivity contribution in [2.24, 2.45) is 5.41 Å². The first-order valence-electron chi connectivity index (χ1n) is 7.96. The lowest BCUT2D eigenvalue weighted by Crippen LogP contribution is -2.21. The minimum absolute atomic E-state index is 0.219. The van der Waals surface area contributed by atoms with Gasteiger partial charge < -0.3 is 4.74 Å². The number of rotatable bonds is 11. The lowest BCUT2D eigenvalue weighted by atomic mass is 9.89. The van der Waals surface area contributed by atoms with Crippen LogP contribution >= 0.6 is 21.6 Å². The highest BCUT2D eigenvalue weighted by atomic mass is 33.1. The highest BCUT2D eigenvalue weighted by Crippen LogP contribution is 2.35. The fourth-order valence-electron chi connectivity index (χ4n) is 1.51. The molecule has 0 aliphatic carbocycles. The summed E-state index contributed by atoms with van der Waals surface area (Å²) in [5.74, 6) is 1.40. The number of ether oxygens (including phenoxy) is 1. The van der Waals surface area contributed by atoms with Gasteiger partial charge in [-0.25, -0.2) is 0 Å². The molecule has 0 saturated carbocycles. The Morgan fingerprint density at radius 3 is 2.09 bits per heavy atom. The van der Waals surface area contributed by atoms with E-state index in [4.69, 9.17) is 4.74 Å². The second-order valence-corrected chi connectivity index (χ2v) is 10.7. The van der Waals surface area contributed by atoms with E-state index in [2.05, 4.69) is 20.8 Å². The summed E-state index contributed by atoms with van der Waals surface area (Å²) in [7, 11) is 3.59. The summed E-state index contributed by atoms with van der Waals surface area (Å²) in [6.07, 6.45) is 2.42. The van der Waals surface area contributed by atoms with Gasteiger partial charge in [0, 0.05) is 41.8 Å². The van der Waals surface area contributed by atoms with Crippen LogP contribution in [0, 0.1) is 5.41 Å². The summed E-state index contributed by atoms with van der Waals surface area (Å²) in [5.41, 5.74) is -0.290. The highest BCUT2D eigenvalue weighted by molar-refractivity contribution is 8.77. The van der Waals surface area contributed by atoms with Crippen LogP contribution in [0.25, 0.3) is 0 Å². The zero-order chi connectivity index (χ0) is 17.2. The maximum absolute atomic E-state index is 11.7. The molecule has 0 bridgehead atoms. The largest absolute Gasteiger partial charge is 0.381 e. The van der Waals surface area contributed by atoms with Gasteiger partial charge in [0.25, 0.3) is 0 Å². The van der Waals surface area contributed by atoms with Crippen molar-refractivity contribution < 1.29 is 14.3 Å². The molecule has 0 aromatic heterocycles. The average molecular weight is 349 g/mol. The molecule has 3 nitrogen and oxygen atoms in total. The quantitative estimate of drug-likeness (QED) is 0.391. The van der Waals surface area contributed by atoms with Crippen LogP contribution < -0.4 is 0 Å². The number of hydrogen-bond acceptors (Lipinski definition) is 5. The van der Waals surface area contributed by atoms with Crippen LogP contribution in [0.5, 0.6) is 0 Å². The number of Topliss-reactive ketones (excluding diaryl/α,β-unsaturated/α-hetero) is 2. The fourth-order valence-corrected chi connectivity index (χ4v) is 3.82. The molecule has 0 N–H and O–H groups in total. The second-order valence-electron chi connectivity index (χ2n) is 7.45. The van der Waals surface area contributed by atoms with Crippen molar-refractivity contribution in [1.82, 2.24) is 0 Å². The maximum atomic E-state index is 11.7. The Labute approximate surface area is 144 Å². The topological polar surface area (TPSA) is 43.4 Å². The minimum atomic E-state index is -0.290. The van der Waals surface area contributed by atoms with Crippen molar-refractivity contribution in [1.29, 1.82) is 0 Å². The first kappa shape index (κ1) is 22.0. The van der Waals surface area contributed by atoms with E-state index in [1.54, 1.807) is 10.8 Å². The summed E-state index contributed by atoms with van der Waals surface area (Å²) < 4.78 is 5.68. The van der Waals surface area contributed by atoms with Gasteiger partial charge in [0.15, 0.2) is 0 Å². The van der Waals surface area contributed by atoms with Gasteiger partial charge in [-0.05, 0) is 6.42 Å². The fraction of sp³-hybridized carbons (Fsp3) is 0.882. The van der Waals surface area contributed by atoms with Crippen LogP contribution in [0.3, 0.4) is 0 Å². The van der Waals surface area contributed by atoms with Gasteiger partial charge in [-0.2, -0.15) is 0 Å². The van der Waals surface area contributed by atoms with Crippen molar-refractivity contribution in [3.05, 3.63) is 0 Å². The minimum Gasteiger partial charge on any atom is -0.381 e. The van der Waals surface area contributed by atoms with E-state index in [1.807, 2.05) is 31.6 Å². The number of carbonyl (C=O) groups excluding carboxylic acids is 2. The maximum Gasteiger partial charge on any atom is 0.140 e. The van der Waals surface area contributed by atoms with Crippen LogP contribution in [-0.2, 0) is 14.3 Å². The van der Waals surface area contributed by atoms with Crippen molar-refractivity contribution in [3.8, 4) is 0 Å². The van der Waals surface area contributed by atoms with Crippen LogP contribution in [0.15, 0.2) is 0 Å². The lowest BCUT2D eigenvalue weighted by molar-refractivity contribution is -0.127. The Balaban J connectivity index is 3.48. The zero-order valence-electron chi connectivity index (χ0n) is 15.0. The zero-order valence-corrected chi connectivity index (χ0v) is 16.6. The Hall–Kier alpha value is -0.0000000000000000555. The molecule has 0 aromatic rings. The molecule has 0 heterocycles.